The summed E-state index contributed by atoms with van der Waals surface area (Å²) in [6.07, 6.45) is 4.31. The van der Waals surface area contributed by atoms with E-state index in [0.717, 1.165) is 59.7 Å². The molecule has 0 spiro atoms. The molecule has 2 aliphatic rings. The van der Waals surface area contributed by atoms with Crippen LogP contribution in [0.2, 0.25) is 0 Å². The lowest BCUT2D eigenvalue weighted by molar-refractivity contribution is -0.123. The Morgan fingerprint density at radius 3 is 2.59 bits per heavy atom. The molecule has 1 unspecified atom stereocenters. The van der Waals surface area contributed by atoms with Crippen LogP contribution in [0.25, 0.3) is 17.0 Å². The van der Waals surface area contributed by atoms with Crippen LogP contribution in [0.5, 0.6) is 0 Å². The van der Waals surface area contributed by atoms with Gasteiger partial charge < -0.3 is 4.90 Å². The van der Waals surface area contributed by atoms with Crippen molar-refractivity contribution < 1.29 is 4.79 Å². The van der Waals surface area contributed by atoms with E-state index >= 15 is 0 Å². The van der Waals surface area contributed by atoms with E-state index in [0.29, 0.717) is 9.23 Å². The minimum absolute atomic E-state index is 0.0334. The van der Waals surface area contributed by atoms with E-state index in [4.69, 9.17) is 17.2 Å². The minimum Gasteiger partial charge on any atom is -0.356 e. The van der Waals surface area contributed by atoms with Crippen molar-refractivity contribution in [2.45, 2.75) is 39.7 Å². The molecule has 0 aliphatic carbocycles. The van der Waals surface area contributed by atoms with Gasteiger partial charge in [-0.15, -0.1) is 0 Å². The van der Waals surface area contributed by atoms with Crippen LogP contribution in [0.15, 0.2) is 59.5 Å². The van der Waals surface area contributed by atoms with Crippen LogP contribution in [0.1, 0.15) is 49.4 Å². The summed E-state index contributed by atoms with van der Waals surface area (Å²) in [5.41, 5.74) is 4.25. The molecule has 3 aromatic rings. The molecule has 2 aliphatic heterocycles. The molecule has 0 bridgehead atoms. The number of carbonyl (C=O) groups is 1. The standard InChI is InChI=1S/C28H29N3OS2/c1-18-12-14-30(15-13-18)26-23(16-22-11-7-8-19(2)25(22)29-26)17-24-27(32)31(28(33)34-24)20(3)21-9-5-4-6-10-21/h4-11,16-18,20H,12-15H2,1-3H3/b24-17-. The van der Waals surface area contributed by atoms with Gasteiger partial charge in [-0.25, -0.2) is 4.98 Å². The largest absolute Gasteiger partial charge is 0.356 e. The molecule has 3 heterocycles. The summed E-state index contributed by atoms with van der Waals surface area (Å²) >= 11 is 7.04. The molecule has 4 nitrogen and oxygen atoms in total. The molecule has 0 radical (unpaired) electrons. The molecule has 5 rings (SSSR count). The first kappa shape index (κ1) is 23.1. The summed E-state index contributed by atoms with van der Waals surface area (Å²) in [7, 11) is 0. The fourth-order valence-corrected chi connectivity index (χ4v) is 6.18. The van der Waals surface area contributed by atoms with Crippen molar-refractivity contribution in [1.29, 1.82) is 0 Å². The number of carbonyl (C=O) groups excluding carboxylic acids is 1. The van der Waals surface area contributed by atoms with Gasteiger partial charge in [0.1, 0.15) is 10.1 Å². The third kappa shape index (κ3) is 4.37. The Labute approximate surface area is 211 Å². The normalized spacial score (nSPS) is 19.4. The Balaban J connectivity index is 1.54. The predicted molar refractivity (Wildman–Crippen MR) is 147 cm³/mol. The zero-order chi connectivity index (χ0) is 23.8. The van der Waals surface area contributed by atoms with E-state index < -0.39 is 0 Å². The van der Waals surface area contributed by atoms with Crippen molar-refractivity contribution in [3.63, 3.8) is 0 Å². The van der Waals surface area contributed by atoms with Crippen LogP contribution < -0.4 is 4.90 Å². The highest BCUT2D eigenvalue weighted by Crippen LogP contribution is 2.39. The molecule has 1 atom stereocenters. The molecule has 34 heavy (non-hydrogen) atoms. The first-order valence-corrected chi connectivity index (χ1v) is 13.1. The van der Waals surface area contributed by atoms with E-state index in [-0.39, 0.29) is 11.9 Å². The molecule has 2 fully saturated rings. The maximum absolute atomic E-state index is 13.5. The number of nitrogens with zero attached hydrogens (tertiary/aromatic N) is 3. The zero-order valence-corrected chi connectivity index (χ0v) is 21.5. The second kappa shape index (κ2) is 9.51. The van der Waals surface area contributed by atoms with Gasteiger partial charge in [-0.3, -0.25) is 9.69 Å². The van der Waals surface area contributed by atoms with Gasteiger partial charge in [0.05, 0.1) is 16.5 Å². The first-order valence-electron chi connectivity index (χ1n) is 11.9. The summed E-state index contributed by atoms with van der Waals surface area (Å²) in [5.74, 6) is 1.67. The Morgan fingerprint density at radius 1 is 1.12 bits per heavy atom. The Morgan fingerprint density at radius 2 is 1.85 bits per heavy atom. The quantitative estimate of drug-likeness (QED) is 0.301. The lowest BCUT2D eigenvalue weighted by atomic mass is 9.98. The lowest BCUT2D eigenvalue weighted by Crippen LogP contribution is -2.34. The molecule has 0 N–H and O–H groups in total. The molecule has 1 aromatic heterocycles. The van der Waals surface area contributed by atoms with Gasteiger partial charge in [0, 0.05) is 24.0 Å². The fraction of sp³-hybridized carbons (Fsp3) is 0.321. The number of aromatic nitrogens is 1. The number of benzene rings is 2. The van der Waals surface area contributed by atoms with Gasteiger partial charge in [-0.1, -0.05) is 79.4 Å². The van der Waals surface area contributed by atoms with E-state index in [1.807, 2.05) is 43.3 Å². The van der Waals surface area contributed by atoms with Crippen LogP contribution in [0, 0.1) is 12.8 Å². The first-order chi connectivity index (χ1) is 16.4. The SMILES string of the molecule is Cc1cccc2cc(/C=C3\SC(=S)N(C(C)c4ccccc4)C3=O)c(N3CCC(C)CC3)nc12. The second-order valence-electron chi connectivity index (χ2n) is 9.36. The van der Waals surface area contributed by atoms with Gasteiger partial charge in [0.2, 0.25) is 0 Å². The summed E-state index contributed by atoms with van der Waals surface area (Å²) in [5, 5.41) is 1.09. The molecule has 6 heteroatoms. The van der Waals surface area contributed by atoms with Crippen molar-refractivity contribution >= 4 is 57.0 Å². The van der Waals surface area contributed by atoms with Crippen molar-refractivity contribution in [2.24, 2.45) is 5.92 Å². The fourth-order valence-electron chi connectivity index (χ4n) is 4.77. The monoisotopic (exact) mass is 487 g/mol. The number of aryl methyl sites for hydroxylation is 1. The average molecular weight is 488 g/mol. The number of rotatable bonds is 4. The van der Waals surface area contributed by atoms with Crippen LogP contribution >= 0.6 is 24.0 Å². The van der Waals surface area contributed by atoms with Gasteiger partial charge in [0.15, 0.2) is 0 Å². The van der Waals surface area contributed by atoms with Gasteiger partial charge in [-0.05, 0) is 55.9 Å². The number of hydrogen-bond acceptors (Lipinski definition) is 5. The van der Waals surface area contributed by atoms with E-state index in [9.17, 15) is 4.79 Å². The molecular weight excluding hydrogens is 458 g/mol. The average Bonchev–Trinajstić information content (AvgIpc) is 3.12. The predicted octanol–water partition coefficient (Wildman–Crippen LogP) is 6.74. The molecular formula is C28H29N3OS2. The number of pyridine rings is 1. The second-order valence-corrected chi connectivity index (χ2v) is 11.0. The highest BCUT2D eigenvalue weighted by atomic mass is 32.2. The number of thiocarbonyl (C=S) groups is 1. The van der Waals surface area contributed by atoms with Crippen molar-refractivity contribution in [1.82, 2.24) is 9.88 Å². The Hall–Kier alpha value is -2.70. The number of hydrogen-bond donors (Lipinski definition) is 0. The molecule has 2 aromatic carbocycles. The third-order valence-corrected chi connectivity index (χ3v) is 8.25. The molecule has 174 valence electrons. The number of anilines is 1. The van der Waals surface area contributed by atoms with Crippen LogP contribution in [0.4, 0.5) is 5.82 Å². The number of thioether (sulfide) groups is 1. The molecule has 2 saturated heterocycles. The van der Waals surface area contributed by atoms with Crippen molar-refractivity contribution in [3.8, 4) is 0 Å². The van der Waals surface area contributed by atoms with E-state index in [2.05, 4.69) is 43.0 Å². The van der Waals surface area contributed by atoms with Gasteiger partial charge >= 0.3 is 0 Å². The Bertz CT molecular complexity index is 1280. The van der Waals surface area contributed by atoms with E-state index in [1.165, 1.54) is 17.3 Å². The lowest BCUT2D eigenvalue weighted by Gasteiger charge is -2.32. The highest BCUT2D eigenvalue weighted by molar-refractivity contribution is 8.26. The molecule has 0 saturated carbocycles. The number of amides is 1. The van der Waals surface area contributed by atoms with Crippen molar-refractivity contribution in [2.75, 3.05) is 18.0 Å². The number of piperidine rings is 1. The smallest absolute Gasteiger partial charge is 0.266 e. The Kier molecular flexibility index (Phi) is 6.45. The summed E-state index contributed by atoms with van der Waals surface area (Å²) in [4.78, 5) is 23.4. The van der Waals surface area contributed by atoms with Gasteiger partial charge in [-0.2, -0.15) is 0 Å². The summed E-state index contributed by atoms with van der Waals surface area (Å²) in [6, 6.07) is 18.4. The van der Waals surface area contributed by atoms with E-state index in [1.54, 1.807) is 4.90 Å². The third-order valence-electron chi connectivity index (χ3n) is 6.92. The van der Waals surface area contributed by atoms with Crippen LogP contribution in [-0.2, 0) is 4.79 Å². The summed E-state index contributed by atoms with van der Waals surface area (Å²) in [6.45, 7) is 8.42. The zero-order valence-electron chi connectivity index (χ0n) is 19.8. The van der Waals surface area contributed by atoms with Crippen molar-refractivity contribution in [3.05, 3.63) is 76.2 Å². The number of para-hydroxylation sites is 1. The van der Waals surface area contributed by atoms with Crippen LogP contribution in [-0.4, -0.2) is 33.2 Å². The maximum atomic E-state index is 13.5. The van der Waals surface area contributed by atoms with Crippen LogP contribution in [0.3, 0.4) is 0 Å². The topological polar surface area (TPSA) is 36.4 Å². The minimum atomic E-state index is -0.111. The number of fused-ring (bicyclic) bond motifs is 1. The highest BCUT2D eigenvalue weighted by Gasteiger charge is 2.36. The van der Waals surface area contributed by atoms with Gasteiger partial charge in [0.25, 0.3) is 5.91 Å². The summed E-state index contributed by atoms with van der Waals surface area (Å²) < 4.78 is 0.602. The maximum Gasteiger partial charge on any atom is 0.266 e. The molecule has 1 amide bonds.